The van der Waals surface area contributed by atoms with Crippen LogP contribution in [0.5, 0.6) is 0 Å². The standard InChI is InChI=1S/C11H10F3NO/c1-7(16)10(4-5-10)8-2-3-9(15-6-8)11(12,13)14/h2-3,6H,4-5H2,1H3. The SMILES string of the molecule is CC(=O)C1(c2ccc(C(F)(F)F)nc2)CC1. The van der Waals surface area contributed by atoms with Crippen molar-refractivity contribution >= 4 is 5.78 Å². The lowest BCUT2D eigenvalue weighted by molar-refractivity contribution is -0.141. The van der Waals surface area contributed by atoms with Crippen LogP contribution < -0.4 is 0 Å². The molecule has 0 radical (unpaired) electrons. The minimum absolute atomic E-state index is 0.00550. The molecule has 1 saturated carbocycles. The van der Waals surface area contributed by atoms with Crippen molar-refractivity contribution in [2.24, 2.45) is 0 Å². The van der Waals surface area contributed by atoms with Crippen LogP contribution in [0.15, 0.2) is 18.3 Å². The van der Waals surface area contributed by atoms with Gasteiger partial charge in [-0.3, -0.25) is 9.78 Å². The summed E-state index contributed by atoms with van der Waals surface area (Å²) in [6.45, 7) is 1.46. The molecule has 1 aromatic rings. The highest BCUT2D eigenvalue weighted by Crippen LogP contribution is 2.48. The third-order valence-electron chi connectivity index (χ3n) is 3.03. The van der Waals surface area contributed by atoms with Gasteiger partial charge in [0.25, 0.3) is 0 Å². The molecule has 1 aromatic heterocycles. The van der Waals surface area contributed by atoms with Crippen LogP contribution in [-0.4, -0.2) is 10.8 Å². The van der Waals surface area contributed by atoms with Gasteiger partial charge in [0.1, 0.15) is 11.5 Å². The first-order chi connectivity index (χ1) is 7.36. The Hall–Kier alpha value is -1.39. The van der Waals surface area contributed by atoms with Gasteiger partial charge in [0.2, 0.25) is 0 Å². The van der Waals surface area contributed by atoms with E-state index in [4.69, 9.17) is 0 Å². The van der Waals surface area contributed by atoms with Gasteiger partial charge in [-0.15, -0.1) is 0 Å². The van der Waals surface area contributed by atoms with Crippen molar-refractivity contribution < 1.29 is 18.0 Å². The van der Waals surface area contributed by atoms with E-state index >= 15 is 0 Å². The summed E-state index contributed by atoms with van der Waals surface area (Å²) in [6.07, 6.45) is -1.85. The predicted molar refractivity (Wildman–Crippen MR) is 50.8 cm³/mol. The van der Waals surface area contributed by atoms with Crippen molar-refractivity contribution in [2.75, 3.05) is 0 Å². The van der Waals surface area contributed by atoms with Crippen LogP contribution in [-0.2, 0) is 16.4 Å². The van der Waals surface area contributed by atoms with E-state index < -0.39 is 17.3 Å². The fraction of sp³-hybridized carbons (Fsp3) is 0.455. The molecule has 5 heteroatoms. The molecular weight excluding hydrogens is 219 g/mol. The Kier molecular flexibility index (Phi) is 2.29. The normalized spacial score (nSPS) is 18.2. The summed E-state index contributed by atoms with van der Waals surface area (Å²) in [7, 11) is 0. The monoisotopic (exact) mass is 229 g/mol. The molecule has 0 atom stereocenters. The van der Waals surface area contributed by atoms with E-state index in [9.17, 15) is 18.0 Å². The molecule has 0 saturated heterocycles. The molecule has 0 unspecified atom stereocenters. The number of hydrogen-bond donors (Lipinski definition) is 0. The number of Topliss-reactive ketones (excluding diaryl/α,β-unsaturated/α-hetero) is 1. The topological polar surface area (TPSA) is 30.0 Å². The van der Waals surface area contributed by atoms with E-state index in [0.717, 1.165) is 12.3 Å². The fourth-order valence-electron chi connectivity index (χ4n) is 1.81. The zero-order chi connectivity index (χ0) is 12.0. The van der Waals surface area contributed by atoms with Gasteiger partial charge in [-0.25, -0.2) is 0 Å². The van der Waals surface area contributed by atoms with E-state index in [2.05, 4.69) is 4.98 Å². The minimum Gasteiger partial charge on any atom is -0.299 e. The zero-order valence-corrected chi connectivity index (χ0v) is 8.64. The maximum absolute atomic E-state index is 12.3. The Labute approximate surface area is 90.5 Å². The van der Waals surface area contributed by atoms with Crippen molar-refractivity contribution in [1.29, 1.82) is 0 Å². The smallest absolute Gasteiger partial charge is 0.299 e. The Balaban J connectivity index is 2.31. The molecule has 0 aromatic carbocycles. The molecular formula is C11H10F3NO. The average molecular weight is 229 g/mol. The minimum atomic E-state index is -4.43. The van der Waals surface area contributed by atoms with E-state index in [1.54, 1.807) is 0 Å². The second-order valence-electron chi connectivity index (χ2n) is 4.07. The highest BCUT2D eigenvalue weighted by atomic mass is 19.4. The van der Waals surface area contributed by atoms with E-state index in [1.807, 2.05) is 0 Å². The highest BCUT2D eigenvalue weighted by Gasteiger charge is 2.49. The zero-order valence-electron chi connectivity index (χ0n) is 8.64. The number of pyridine rings is 1. The first-order valence-electron chi connectivity index (χ1n) is 4.91. The van der Waals surface area contributed by atoms with Crippen LogP contribution in [0.3, 0.4) is 0 Å². The van der Waals surface area contributed by atoms with Gasteiger partial charge in [0.05, 0.1) is 5.41 Å². The van der Waals surface area contributed by atoms with Crippen LogP contribution in [0.25, 0.3) is 0 Å². The fourth-order valence-corrected chi connectivity index (χ4v) is 1.81. The molecule has 2 nitrogen and oxygen atoms in total. The molecule has 0 bridgehead atoms. The highest BCUT2D eigenvalue weighted by molar-refractivity contribution is 5.90. The summed E-state index contributed by atoms with van der Waals surface area (Å²) in [5.74, 6) is -0.00550. The molecule has 2 rings (SSSR count). The van der Waals surface area contributed by atoms with Gasteiger partial charge >= 0.3 is 6.18 Å². The molecule has 1 heterocycles. The van der Waals surface area contributed by atoms with Crippen molar-refractivity contribution in [1.82, 2.24) is 4.98 Å². The molecule has 0 aliphatic heterocycles. The summed E-state index contributed by atoms with van der Waals surface area (Å²) in [4.78, 5) is 14.7. The molecule has 0 spiro atoms. The number of carbonyl (C=O) groups excluding carboxylic acids is 1. The quantitative estimate of drug-likeness (QED) is 0.780. The van der Waals surface area contributed by atoms with E-state index in [1.165, 1.54) is 13.0 Å². The summed E-state index contributed by atoms with van der Waals surface area (Å²) in [5.41, 5.74) is -0.888. The Morgan fingerprint density at radius 3 is 2.31 bits per heavy atom. The van der Waals surface area contributed by atoms with E-state index in [-0.39, 0.29) is 5.78 Å². The number of halogens is 3. The van der Waals surface area contributed by atoms with Crippen molar-refractivity contribution in [3.05, 3.63) is 29.6 Å². The first kappa shape index (κ1) is 11.1. The van der Waals surface area contributed by atoms with Crippen LogP contribution >= 0.6 is 0 Å². The maximum Gasteiger partial charge on any atom is 0.433 e. The second-order valence-corrected chi connectivity index (χ2v) is 4.07. The first-order valence-corrected chi connectivity index (χ1v) is 4.91. The molecule has 0 amide bonds. The molecule has 1 aliphatic carbocycles. The Morgan fingerprint density at radius 2 is 2.00 bits per heavy atom. The van der Waals surface area contributed by atoms with Crippen LogP contribution in [0.4, 0.5) is 13.2 Å². The number of ketones is 1. The predicted octanol–water partition coefficient (Wildman–Crippen LogP) is 2.72. The number of hydrogen-bond acceptors (Lipinski definition) is 2. The summed E-state index contributed by atoms with van der Waals surface area (Å²) in [5, 5.41) is 0. The van der Waals surface area contributed by atoms with E-state index in [0.29, 0.717) is 18.4 Å². The van der Waals surface area contributed by atoms with Gasteiger partial charge in [0.15, 0.2) is 0 Å². The number of carbonyl (C=O) groups is 1. The molecule has 0 N–H and O–H groups in total. The molecule has 1 fully saturated rings. The van der Waals surface area contributed by atoms with Gasteiger partial charge < -0.3 is 0 Å². The second kappa shape index (κ2) is 3.30. The van der Waals surface area contributed by atoms with Gasteiger partial charge in [-0.2, -0.15) is 13.2 Å². The molecule has 16 heavy (non-hydrogen) atoms. The lowest BCUT2D eigenvalue weighted by Crippen LogP contribution is -2.18. The Bertz CT molecular complexity index is 418. The van der Waals surface area contributed by atoms with Crippen molar-refractivity contribution in [3.8, 4) is 0 Å². The Morgan fingerprint density at radius 1 is 1.38 bits per heavy atom. The van der Waals surface area contributed by atoms with Gasteiger partial charge in [-0.05, 0) is 31.4 Å². The lowest BCUT2D eigenvalue weighted by atomic mass is 9.93. The number of aromatic nitrogens is 1. The number of alkyl halides is 3. The third-order valence-corrected chi connectivity index (χ3v) is 3.03. The number of rotatable bonds is 2. The molecule has 86 valence electrons. The van der Waals surface area contributed by atoms with Crippen molar-refractivity contribution in [2.45, 2.75) is 31.4 Å². The van der Waals surface area contributed by atoms with Gasteiger partial charge in [0, 0.05) is 6.20 Å². The van der Waals surface area contributed by atoms with Crippen LogP contribution in [0.2, 0.25) is 0 Å². The van der Waals surface area contributed by atoms with Crippen LogP contribution in [0.1, 0.15) is 31.0 Å². The largest absolute Gasteiger partial charge is 0.433 e. The number of nitrogens with zero attached hydrogens (tertiary/aromatic N) is 1. The average Bonchev–Trinajstić information content (AvgIpc) is 2.97. The maximum atomic E-state index is 12.3. The van der Waals surface area contributed by atoms with Gasteiger partial charge in [-0.1, -0.05) is 6.07 Å². The van der Waals surface area contributed by atoms with Crippen LogP contribution in [0, 0.1) is 0 Å². The summed E-state index contributed by atoms with van der Waals surface area (Å²) >= 11 is 0. The summed E-state index contributed by atoms with van der Waals surface area (Å²) in [6, 6.07) is 2.28. The summed E-state index contributed by atoms with van der Waals surface area (Å²) < 4.78 is 36.8. The lowest BCUT2D eigenvalue weighted by Gasteiger charge is -2.12. The third kappa shape index (κ3) is 1.70. The molecule has 1 aliphatic rings. The van der Waals surface area contributed by atoms with Crippen molar-refractivity contribution in [3.63, 3.8) is 0 Å².